The molecular formula is C20H25N3O2. The molecule has 0 spiro atoms. The fourth-order valence-electron chi connectivity index (χ4n) is 2.75. The topological polar surface area (TPSA) is 60.2 Å². The van der Waals surface area contributed by atoms with Gasteiger partial charge in [-0.1, -0.05) is 56.3 Å². The van der Waals surface area contributed by atoms with Gasteiger partial charge in [-0.15, -0.1) is 0 Å². The predicted octanol–water partition coefficient (Wildman–Crippen LogP) is 4.38. The van der Waals surface area contributed by atoms with E-state index in [0.29, 0.717) is 12.4 Å². The zero-order valence-electron chi connectivity index (χ0n) is 15.5. The van der Waals surface area contributed by atoms with Crippen LogP contribution in [0.5, 0.6) is 5.75 Å². The molecule has 132 valence electrons. The van der Waals surface area contributed by atoms with Crippen LogP contribution in [0.15, 0.2) is 40.9 Å². The number of hydrogen-bond donors (Lipinski definition) is 1. The number of benzene rings is 2. The minimum absolute atomic E-state index is 0.0488. The highest BCUT2D eigenvalue weighted by Crippen LogP contribution is 2.28. The van der Waals surface area contributed by atoms with Crippen molar-refractivity contribution in [3.63, 3.8) is 0 Å². The normalized spacial score (nSPS) is 13.2. The molecule has 0 radical (unpaired) electrons. The van der Waals surface area contributed by atoms with Crippen LogP contribution in [0.2, 0.25) is 0 Å². The molecule has 0 aliphatic rings. The Morgan fingerprint density at radius 3 is 2.60 bits per heavy atom. The molecule has 2 aromatic carbocycles. The van der Waals surface area contributed by atoms with Gasteiger partial charge in [-0.2, -0.15) is 4.98 Å². The molecule has 1 aromatic heterocycles. The van der Waals surface area contributed by atoms with E-state index in [2.05, 4.69) is 54.4 Å². The molecule has 5 heteroatoms. The number of nitrogens with zero attached hydrogens (tertiary/aromatic N) is 2. The minimum Gasteiger partial charge on any atom is -0.496 e. The van der Waals surface area contributed by atoms with E-state index in [1.807, 2.05) is 25.1 Å². The molecule has 3 aromatic rings. The van der Waals surface area contributed by atoms with Crippen LogP contribution in [-0.4, -0.2) is 17.3 Å². The molecule has 0 saturated heterocycles. The molecule has 0 amide bonds. The summed E-state index contributed by atoms with van der Waals surface area (Å²) in [5.41, 5.74) is 1.00. The molecule has 3 rings (SSSR count). The highest BCUT2D eigenvalue weighted by atomic mass is 16.5. The van der Waals surface area contributed by atoms with Crippen molar-refractivity contribution in [3.8, 4) is 5.75 Å². The summed E-state index contributed by atoms with van der Waals surface area (Å²) in [6.07, 6.45) is 0. The Morgan fingerprint density at radius 1 is 1.16 bits per heavy atom. The lowest BCUT2D eigenvalue weighted by molar-refractivity contribution is 0.329. The second kappa shape index (κ2) is 6.84. The summed E-state index contributed by atoms with van der Waals surface area (Å²) in [4.78, 5) is 4.53. The Kier molecular flexibility index (Phi) is 4.77. The molecule has 1 N–H and O–H groups in total. The maximum Gasteiger partial charge on any atom is 0.243 e. The Morgan fingerprint density at radius 2 is 1.92 bits per heavy atom. The predicted molar refractivity (Wildman–Crippen MR) is 98.8 cm³/mol. The van der Waals surface area contributed by atoms with Crippen molar-refractivity contribution in [3.05, 3.63) is 53.7 Å². The summed E-state index contributed by atoms with van der Waals surface area (Å²) >= 11 is 0. The summed E-state index contributed by atoms with van der Waals surface area (Å²) in [7, 11) is 1.70. The van der Waals surface area contributed by atoms with Crippen molar-refractivity contribution in [2.45, 2.75) is 45.7 Å². The largest absolute Gasteiger partial charge is 0.496 e. The van der Waals surface area contributed by atoms with E-state index in [0.717, 1.165) is 17.1 Å². The molecule has 25 heavy (non-hydrogen) atoms. The van der Waals surface area contributed by atoms with Gasteiger partial charge >= 0.3 is 0 Å². The van der Waals surface area contributed by atoms with E-state index in [-0.39, 0.29) is 11.5 Å². The number of methoxy groups -OCH3 is 1. The molecule has 0 aliphatic heterocycles. The monoisotopic (exact) mass is 339 g/mol. The van der Waals surface area contributed by atoms with Gasteiger partial charge in [-0.25, -0.2) is 0 Å². The van der Waals surface area contributed by atoms with Gasteiger partial charge in [0.05, 0.1) is 13.2 Å². The molecule has 0 aliphatic carbocycles. The number of nitrogens with one attached hydrogen (secondary N) is 1. The van der Waals surface area contributed by atoms with Gasteiger partial charge in [0.1, 0.15) is 5.75 Å². The average Bonchev–Trinajstić information content (AvgIpc) is 3.09. The van der Waals surface area contributed by atoms with Crippen LogP contribution in [0.1, 0.15) is 51.0 Å². The zero-order valence-corrected chi connectivity index (χ0v) is 15.5. The Hall–Kier alpha value is -2.40. The summed E-state index contributed by atoms with van der Waals surface area (Å²) < 4.78 is 11.0. The van der Waals surface area contributed by atoms with Crippen LogP contribution < -0.4 is 10.1 Å². The van der Waals surface area contributed by atoms with E-state index in [4.69, 9.17) is 9.26 Å². The summed E-state index contributed by atoms with van der Waals surface area (Å²) in [5, 5.41) is 9.94. The van der Waals surface area contributed by atoms with Gasteiger partial charge in [0.25, 0.3) is 0 Å². The third-order valence-corrected chi connectivity index (χ3v) is 4.29. The minimum atomic E-state index is -0.125. The lowest BCUT2D eigenvalue weighted by atomic mass is 9.96. The van der Waals surface area contributed by atoms with Crippen molar-refractivity contribution >= 4 is 10.8 Å². The molecular weight excluding hydrogens is 314 g/mol. The van der Waals surface area contributed by atoms with Crippen LogP contribution in [0.4, 0.5) is 0 Å². The maximum atomic E-state index is 5.55. The third kappa shape index (κ3) is 3.66. The van der Waals surface area contributed by atoms with Crippen molar-refractivity contribution in [2.24, 2.45) is 0 Å². The lowest BCUT2D eigenvalue weighted by Gasteiger charge is -2.15. The second-order valence-electron chi connectivity index (χ2n) is 7.28. The molecule has 1 heterocycles. The van der Waals surface area contributed by atoms with Crippen LogP contribution in [0.3, 0.4) is 0 Å². The molecule has 5 nitrogen and oxygen atoms in total. The van der Waals surface area contributed by atoms with Crippen LogP contribution in [0, 0.1) is 0 Å². The standard InChI is InChI=1S/C20H25N3O2/c1-13(18-22-19(23-25-18)20(2,3)4)21-12-16-15-9-7-6-8-14(15)10-11-17(16)24-5/h6-11,13,21H,12H2,1-5H3. The van der Waals surface area contributed by atoms with Crippen molar-refractivity contribution in [1.29, 1.82) is 0 Å². The fraction of sp³-hybridized carbons (Fsp3) is 0.400. The first-order chi connectivity index (χ1) is 11.9. The van der Waals surface area contributed by atoms with Gasteiger partial charge in [0.2, 0.25) is 5.89 Å². The van der Waals surface area contributed by atoms with Gasteiger partial charge in [-0.3, -0.25) is 0 Å². The number of ether oxygens (including phenoxy) is 1. The lowest BCUT2D eigenvalue weighted by Crippen LogP contribution is -2.20. The molecule has 1 unspecified atom stereocenters. The number of rotatable bonds is 5. The van der Waals surface area contributed by atoms with E-state index >= 15 is 0 Å². The van der Waals surface area contributed by atoms with Gasteiger partial charge in [0, 0.05) is 17.5 Å². The molecule has 1 atom stereocenters. The van der Waals surface area contributed by atoms with Gasteiger partial charge < -0.3 is 14.6 Å². The summed E-state index contributed by atoms with van der Waals surface area (Å²) in [6.45, 7) is 8.89. The number of hydrogen-bond acceptors (Lipinski definition) is 5. The first-order valence-electron chi connectivity index (χ1n) is 8.52. The van der Waals surface area contributed by atoms with E-state index < -0.39 is 0 Å². The SMILES string of the molecule is COc1ccc2ccccc2c1CNC(C)c1nc(C(C)(C)C)no1. The van der Waals surface area contributed by atoms with Gasteiger partial charge in [0.15, 0.2) is 5.82 Å². The fourth-order valence-corrected chi connectivity index (χ4v) is 2.75. The van der Waals surface area contributed by atoms with Crippen LogP contribution in [-0.2, 0) is 12.0 Å². The quantitative estimate of drug-likeness (QED) is 0.747. The van der Waals surface area contributed by atoms with Gasteiger partial charge in [-0.05, 0) is 23.8 Å². The highest BCUT2D eigenvalue weighted by Gasteiger charge is 2.23. The van der Waals surface area contributed by atoms with E-state index in [1.54, 1.807) is 7.11 Å². The van der Waals surface area contributed by atoms with Crippen LogP contribution in [0.25, 0.3) is 10.8 Å². The highest BCUT2D eigenvalue weighted by molar-refractivity contribution is 5.87. The zero-order chi connectivity index (χ0) is 18.0. The maximum absolute atomic E-state index is 5.55. The van der Waals surface area contributed by atoms with Crippen molar-refractivity contribution < 1.29 is 9.26 Å². The first-order valence-corrected chi connectivity index (χ1v) is 8.52. The number of fused-ring (bicyclic) bond motifs is 1. The third-order valence-electron chi connectivity index (χ3n) is 4.29. The average molecular weight is 339 g/mol. The molecule has 0 fully saturated rings. The Labute approximate surface area is 148 Å². The Bertz CT molecular complexity index is 865. The van der Waals surface area contributed by atoms with Crippen LogP contribution >= 0.6 is 0 Å². The van der Waals surface area contributed by atoms with Crippen molar-refractivity contribution in [1.82, 2.24) is 15.5 Å². The Balaban J connectivity index is 1.81. The first kappa shape index (κ1) is 17.4. The van der Waals surface area contributed by atoms with E-state index in [1.165, 1.54) is 10.8 Å². The summed E-state index contributed by atoms with van der Waals surface area (Å²) in [6, 6.07) is 12.3. The van der Waals surface area contributed by atoms with E-state index in [9.17, 15) is 0 Å². The summed E-state index contributed by atoms with van der Waals surface area (Å²) in [5.74, 6) is 2.20. The molecule has 0 saturated carbocycles. The van der Waals surface area contributed by atoms with Crippen molar-refractivity contribution in [2.75, 3.05) is 7.11 Å². The second-order valence-corrected chi connectivity index (χ2v) is 7.28. The smallest absolute Gasteiger partial charge is 0.243 e. The number of aromatic nitrogens is 2. The molecule has 0 bridgehead atoms.